The highest BCUT2D eigenvalue weighted by atomic mass is 32.3. The van der Waals surface area contributed by atoms with Gasteiger partial charge in [0.2, 0.25) is 10.4 Å². The highest BCUT2D eigenvalue weighted by Gasteiger charge is 1.92. The SMILES string of the molecule is CSCSOS(=O)(=O)[O-]. The summed E-state index contributed by atoms with van der Waals surface area (Å²) in [5.41, 5.74) is 0. The molecule has 0 N–H and O–H groups in total. The zero-order valence-electron chi connectivity index (χ0n) is 4.56. The fourth-order valence-corrected chi connectivity index (χ4v) is 1.49. The van der Waals surface area contributed by atoms with E-state index in [0.29, 0.717) is 17.1 Å². The number of rotatable bonds is 4. The van der Waals surface area contributed by atoms with Gasteiger partial charge in [0, 0.05) is 12.0 Å². The van der Waals surface area contributed by atoms with Gasteiger partial charge in [-0.05, 0) is 6.26 Å². The molecule has 4 nitrogen and oxygen atoms in total. The van der Waals surface area contributed by atoms with Crippen molar-refractivity contribution >= 4 is 34.2 Å². The molecular formula is C2H5O4S3-. The summed E-state index contributed by atoms with van der Waals surface area (Å²) in [6.45, 7) is 0. The topological polar surface area (TPSA) is 66.4 Å². The van der Waals surface area contributed by atoms with Crippen LogP contribution < -0.4 is 0 Å². The van der Waals surface area contributed by atoms with Gasteiger partial charge in [-0.25, -0.2) is 12.0 Å². The van der Waals surface area contributed by atoms with Crippen LogP contribution in [0.4, 0.5) is 0 Å². The minimum Gasteiger partial charge on any atom is -0.725 e. The third kappa shape index (κ3) is 8.57. The summed E-state index contributed by atoms with van der Waals surface area (Å²) in [4.78, 5) is 0. The van der Waals surface area contributed by atoms with Crippen molar-refractivity contribution in [1.82, 2.24) is 0 Å². The Kier molecular flexibility index (Phi) is 4.67. The minimum absolute atomic E-state index is 0.432. The van der Waals surface area contributed by atoms with Gasteiger partial charge in [0.05, 0.1) is 5.08 Å². The molecule has 9 heavy (non-hydrogen) atoms. The van der Waals surface area contributed by atoms with Crippen LogP contribution in [-0.2, 0) is 14.0 Å². The molecular weight excluding hydrogens is 184 g/mol. The van der Waals surface area contributed by atoms with Crippen LogP contribution in [0, 0.1) is 0 Å². The minimum atomic E-state index is -4.50. The maximum Gasteiger partial charge on any atom is 0.228 e. The second kappa shape index (κ2) is 4.40. The molecule has 7 heteroatoms. The molecule has 56 valence electrons. The lowest BCUT2D eigenvalue weighted by Gasteiger charge is -2.03. The molecule has 0 saturated carbocycles. The van der Waals surface area contributed by atoms with Gasteiger partial charge >= 0.3 is 0 Å². The van der Waals surface area contributed by atoms with Gasteiger partial charge in [0.1, 0.15) is 0 Å². The predicted octanol–water partition coefficient (Wildman–Crippen LogP) is 0.432. The highest BCUT2D eigenvalue weighted by molar-refractivity contribution is 8.15. The smallest absolute Gasteiger partial charge is 0.228 e. The summed E-state index contributed by atoms with van der Waals surface area (Å²) in [7, 11) is -4.50. The zero-order valence-corrected chi connectivity index (χ0v) is 7.01. The molecule has 0 rings (SSSR count). The molecule has 0 atom stereocenters. The van der Waals surface area contributed by atoms with E-state index in [-0.39, 0.29) is 0 Å². The van der Waals surface area contributed by atoms with Crippen molar-refractivity contribution in [2.75, 3.05) is 11.3 Å². The molecule has 0 unspecified atom stereocenters. The Morgan fingerprint density at radius 3 is 2.56 bits per heavy atom. The van der Waals surface area contributed by atoms with Gasteiger partial charge < -0.3 is 4.55 Å². The first kappa shape index (κ1) is 9.57. The fraction of sp³-hybridized carbons (Fsp3) is 1.00. The molecule has 0 fully saturated rings. The van der Waals surface area contributed by atoms with E-state index in [0.717, 1.165) is 0 Å². The molecule has 0 aliphatic rings. The molecule has 0 bridgehead atoms. The highest BCUT2D eigenvalue weighted by Crippen LogP contribution is 2.11. The summed E-state index contributed by atoms with van der Waals surface area (Å²) in [5.74, 6) is 0. The van der Waals surface area contributed by atoms with Crippen molar-refractivity contribution in [2.45, 2.75) is 0 Å². The predicted molar refractivity (Wildman–Crippen MR) is 36.8 cm³/mol. The standard InChI is InChI=1S/C2H6O4S3/c1-7-2-8-6-9(3,4)5/h2H2,1H3,(H,3,4,5)/p-1. The molecule has 0 aliphatic heterocycles. The molecule has 0 aliphatic carbocycles. The maximum atomic E-state index is 9.70. The molecule has 0 aromatic rings. The lowest BCUT2D eigenvalue weighted by Crippen LogP contribution is -1.97. The van der Waals surface area contributed by atoms with E-state index in [9.17, 15) is 13.0 Å². The first-order chi connectivity index (χ1) is 4.06. The maximum absolute atomic E-state index is 9.70. The van der Waals surface area contributed by atoms with Crippen LogP contribution >= 0.6 is 23.8 Å². The first-order valence-electron chi connectivity index (χ1n) is 1.82. The Balaban J connectivity index is 3.30. The van der Waals surface area contributed by atoms with Gasteiger partial charge in [-0.15, -0.1) is 0 Å². The van der Waals surface area contributed by atoms with E-state index < -0.39 is 10.4 Å². The first-order valence-corrected chi connectivity index (χ1v) is 5.46. The second-order valence-corrected chi connectivity index (χ2v) is 4.12. The van der Waals surface area contributed by atoms with Crippen molar-refractivity contribution in [3.05, 3.63) is 0 Å². The number of hydrogen-bond donors (Lipinski definition) is 0. The molecule has 0 spiro atoms. The van der Waals surface area contributed by atoms with Crippen molar-refractivity contribution in [2.24, 2.45) is 0 Å². The molecule has 0 saturated heterocycles. The summed E-state index contributed by atoms with van der Waals surface area (Å²) < 4.78 is 32.9. The monoisotopic (exact) mass is 189 g/mol. The molecule has 0 heterocycles. The number of thioether (sulfide) groups is 1. The molecule has 0 aromatic heterocycles. The Morgan fingerprint density at radius 1 is 1.67 bits per heavy atom. The summed E-state index contributed by atoms with van der Waals surface area (Å²) >= 11 is 2.00. The van der Waals surface area contributed by atoms with E-state index >= 15 is 0 Å². The quantitative estimate of drug-likeness (QED) is 0.210. The largest absolute Gasteiger partial charge is 0.725 e. The van der Waals surface area contributed by atoms with E-state index in [2.05, 4.69) is 3.63 Å². The van der Waals surface area contributed by atoms with Crippen LogP contribution in [-0.4, -0.2) is 24.3 Å². The van der Waals surface area contributed by atoms with Crippen LogP contribution in [0.1, 0.15) is 0 Å². The average Bonchev–Trinajstić information content (AvgIpc) is 1.63. The van der Waals surface area contributed by atoms with Gasteiger partial charge in [-0.1, -0.05) is 0 Å². The van der Waals surface area contributed by atoms with E-state index in [1.807, 2.05) is 0 Å². The van der Waals surface area contributed by atoms with E-state index in [1.165, 1.54) is 11.8 Å². The zero-order chi connectivity index (χ0) is 7.33. The van der Waals surface area contributed by atoms with Crippen molar-refractivity contribution in [3.63, 3.8) is 0 Å². The van der Waals surface area contributed by atoms with Crippen molar-refractivity contribution < 1.29 is 16.6 Å². The Labute approximate surface area is 62.5 Å². The Bertz CT molecular complexity index is 149. The van der Waals surface area contributed by atoms with Crippen LogP contribution in [0.3, 0.4) is 0 Å². The summed E-state index contributed by atoms with van der Waals surface area (Å²) in [6, 6.07) is 0. The van der Waals surface area contributed by atoms with Crippen LogP contribution in [0.5, 0.6) is 0 Å². The van der Waals surface area contributed by atoms with E-state index in [1.54, 1.807) is 6.26 Å². The molecule has 0 radical (unpaired) electrons. The van der Waals surface area contributed by atoms with Gasteiger partial charge in [0.25, 0.3) is 0 Å². The van der Waals surface area contributed by atoms with Crippen LogP contribution in [0.15, 0.2) is 0 Å². The van der Waals surface area contributed by atoms with Gasteiger partial charge in [-0.3, -0.25) is 0 Å². The summed E-state index contributed by atoms with van der Waals surface area (Å²) in [5, 5.41) is 0.432. The van der Waals surface area contributed by atoms with Crippen LogP contribution in [0.2, 0.25) is 0 Å². The summed E-state index contributed by atoms with van der Waals surface area (Å²) in [6.07, 6.45) is 1.77. The van der Waals surface area contributed by atoms with Crippen LogP contribution in [0.25, 0.3) is 0 Å². The van der Waals surface area contributed by atoms with Crippen molar-refractivity contribution in [1.29, 1.82) is 0 Å². The third-order valence-corrected chi connectivity index (χ3v) is 2.68. The van der Waals surface area contributed by atoms with E-state index in [4.69, 9.17) is 0 Å². The van der Waals surface area contributed by atoms with Gasteiger partial charge in [0.15, 0.2) is 0 Å². The lowest BCUT2D eigenvalue weighted by atomic mass is 11.9. The Morgan fingerprint density at radius 2 is 2.22 bits per heavy atom. The lowest BCUT2D eigenvalue weighted by molar-refractivity contribution is 0.392. The Hall–Kier alpha value is 0.570. The third-order valence-electron chi connectivity index (χ3n) is 0.297. The van der Waals surface area contributed by atoms with Gasteiger partial charge in [-0.2, -0.15) is 11.8 Å². The average molecular weight is 189 g/mol. The fourth-order valence-electron chi connectivity index (χ4n) is 0.127. The number of hydrogen-bond acceptors (Lipinski definition) is 6. The molecule has 0 aromatic carbocycles. The van der Waals surface area contributed by atoms with Crippen molar-refractivity contribution in [3.8, 4) is 0 Å². The normalized spacial score (nSPS) is 11.8. The molecule has 0 amide bonds. The second-order valence-electron chi connectivity index (χ2n) is 1.00.